The van der Waals surface area contributed by atoms with E-state index < -0.39 is 23.7 Å². The van der Waals surface area contributed by atoms with Crippen molar-refractivity contribution in [1.29, 1.82) is 0 Å². The average molecular weight is 368 g/mol. The number of nitrogens with two attached hydrogens (primary N) is 2. The second-order valence-corrected chi connectivity index (χ2v) is 6.04. The fourth-order valence-electron chi connectivity index (χ4n) is 2.73. The van der Waals surface area contributed by atoms with Crippen LogP contribution in [-0.2, 0) is 14.3 Å². The Bertz CT molecular complexity index is 515. The number of unbranched alkanes of at least 4 members (excludes halogenated alkanes) is 1. The number of urea groups is 1. The molecule has 3 atom stereocenters. The van der Waals surface area contributed by atoms with E-state index in [4.69, 9.17) is 11.5 Å². The Morgan fingerprint density at radius 1 is 1.20 bits per heavy atom. The van der Waals surface area contributed by atoms with Crippen molar-refractivity contribution in [2.45, 2.75) is 62.9 Å². The summed E-state index contributed by atoms with van der Waals surface area (Å²) in [5.74, 6) is -3.64. The molecule has 0 bridgehead atoms. The van der Waals surface area contributed by atoms with Gasteiger partial charge in [0.05, 0.1) is 6.04 Å². The van der Waals surface area contributed by atoms with Gasteiger partial charge in [-0.25, -0.2) is 9.59 Å². The zero-order chi connectivity index (χ0) is 19.3. The predicted molar refractivity (Wildman–Crippen MR) is 81.1 cm³/mol. The molecule has 1 heterocycles. The average Bonchev–Trinajstić information content (AvgIpc) is 2.80. The van der Waals surface area contributed by atoms with Gasteiger partial charge < -0.3 is 26.8 Å². The Balaban J connectivity index is 2.65. The Morgan fingerprint density at radius 2 is 1.84 bits per heavy atom. The Morgan fingerprint density at radius 3 is 2.28 bits per heavy atom. The van der Waals surface area contributed by atoms with Crippen LogP contribution < -0.4 is 22.1 Å². The molecule has 144 valence electrons. The van der Waals surface area contributed by atoms with Gasteiger partial charge in [-0.05, 0) is 32.7 Å². The topological polar surface area (TPSA) is 137 Å². The van der Waals surface area contributed by atoms with E-state index in [1.54, 1.807) is 0 Å². The van der Waals surface area contributed by atoms with Crippen molar-refractivity contribution in [3.05, 3.63) is 0 Å². The quantitative estimate of drug-likeness (QED) is 0.343. The van der Waals surface area contributed by atoms with E-state index in [0.717, 1.165) is 0 Å². The molecule has 0 radical (unpaired) electrons. The molecule has 1 aliphatic heterocycles. The minimum atomic E-state index is -5.23. The van der Waals surface area contributed by atoms with Crippen molar-refractivity contribution in [2.24, 2.45) is 11.5 Å². The predicted octanol–water partition coefficient (Wildman–Crippen LogP) is 0.295. The zero-order valence-electron chi connectivity index (χ0n) is 13.8. The lowest BCUT2D eigenvalue weighted by Crippen LogP contribution is -2.51. The Labute approximate surface area is 142 Å². The standard InChI is InChI=1S/C14H23F3N4O4/c1-8-9(21-12(24)20-8)4-2-3-5-13(6-7-18,10(19)22)25-11(23)14(15,16)17/h8-9H,2-7,18H2,1H3,(H2,19,22)(H2,20,21,24)/t8-,9+,13?/m0/s1. The summed E-state index contributed by atoms with van der Waals surface area (Å²) in [5, 5.41) is 5.38. The molecule has 25 heavy (non-hydrogen) atoms. The van der Waals surface area contributed by atoms with Gasteiger partial charge in [0.2, 0.25) is 0 Å². The van der Waals surface area contributed by atoms with Gasteiger partial charge in [0.25, 0.3) is 5.91 Å². The van der Waals surface area contributed by atoms with E-state index in [9.17, 15) is 27.6 Å². The largest absolute Gasteiger partial charge is 0.490 e. The lowest BCUT2D eigenvalue weighted by molar-refractivity contribution is -0.215. The van der Waals surface area contributed by atoms with Gasteiger partial charge in [0.1, 0.15) is 0 Å². The number of esters is 1. The first-order chi connectivity index (χ1) is 11.5. The molecule has 1 aliphatic rings. The van der Waals surface area contributed by atoms with Crippen LogP contribution in [0.3, 0.4) is 0 Å². The summed E-state index contributed by atoms with van der Waals surface area (Å²) in [6.07, 6.45) is -4.41. The van der Waals surface area contributed by atoms with E-state index in [1.165, 1.54) is 0 Å². The molecule has 0 aromatic carbocycles. The van der Waals surface area contributed by atoms with E-state index in [1.807, 2.05) is 6.92 Å². The van der Waals surface area contributed by atoms with E-state index in [0.29, 0.717) is 12.8 Å². The lowest BCUT2D eigenvalue weighted by Gasteiger charge is -2.30. The first-order valence-corrected chi connectivity index (χ1v) is 7.89. The van der Waals surface area contributed by atoms with Crippen molar-refractivity contribution >= 4 is 17.9 Å². The Kier molecular flexibility index (Phi) is 7.03. The number of rotatable bonds is 9. The fraction of sp³-hybridized carbons (Fsp3) is 0.786. The monoisotopic (exact) mass is 368 g/mol. The van der Waals surface area contributed by atoms with Gasteiger partial charge >= 0.3 is 18.2 Å². The van der Waals surface area contributed by atoms with Crippen LogP contribution in [0.25, 0.3) is 0 Å². The molecule has 0 aromatic heterocycles. The number of amides is 3. The van der Waals surface area contributed by atoms with Crippen LogP contribution >= 0.6 is 0 Å². The number of hydrogen-bond acceptors (Lipinski definition) is 5. The van der Waals surface area contributed by atoms with E-state index in [2.05, 4.69) is 15.4 Å². The molecule has 6 N–H and O–H groups in total. The van der Waals surface area contributed by atoms with Gasteiger partial charge in [-0.3, -0.25) is 4.79 Å². The smallest absolute Gasteiger partial charge is 0.442 e. The van der Waals surface area contributed by atoms with Crippen LogP contribution in [0.2, 0.25) is 0 Å². The number of primary amides is 1. The Hall–Kier alpha value is -2.04. The van der Waals surface area contributed by atoms with Crippen LogP contribution in [-0.4, -0.2) is 48.3 Å². The third-order valence-corrected chi connectivity index (χ3v) is 4.14. The highest BCUT2D eigenvalue weighted by atomic mass is 19.4. The first kappa shape index (κ1) is 21.0. The number of halogens is 3. The van der Waals surface area contributed by atoms with Crippen molar-refractivity contribution in [3.63, 3.8) is 0 Å². The maximum Gasteiger partial charge on any atom is 0.490 e. The van der Waals surface area contributed by atoms with Crippen molar-refractivity contribution < 1.29 is 32.3 Å². The molecule has 1 fully saturated rings. The molecule has 1 rings (SSSR count). The van der Waals surface area contributed by atoms with Crippen LogP contribution in [0.5, 0.6) is 0 Å². The van der Waals surface area contributed by atoms with Crippen LogP contribution in [0, 0.1) is 0 Å². The highest BCUT2D eigenvalue weighted by Crippen LogP contribution is 2.28. The normalized spacial score (nSPS) is 22.7. The van der Waals surface area contributed by atoms with Crippen molar-refractivity contribution in [2.75, 3.05) is 6.54 Å². The zero-order valence-corrected chi connectivity index (χ0v) is 13.8. The van der Waals surface area contributed by atoms with Crippen LogP contribution in [0.4, 0.5) is 18.0 Å². The molecule has 0 aromatic rings. The minimum Gasteiger partial charge on any atom is -0.442 e. The molecular weight excluding hydrogens is 345 g/mol. The summed E-state index contributed by atoms with van der Waals surface area (Å²) in [6, 6.07) is -0.491. The van der Waals surface area contributed by atoms with Gasteiger partial charge in [-0.15, -0.1) is 0 Å². The highest BCUT2D eigenvalue weighted by Gasteiger charge is 2.48. The molecule has 0 aliphatic carbocycles. The van der Waals surface area contributed by atoms with Crippen LogP contribution in [0.15, 0.2) is 0 Å². The van der Waals surface area contributed by atoms with Gasteiger partial charge in [0.15, 0.2) is 5.60 Å². The number of ether oxygens (including phenoxy) is 1. The van der Waals surface area contributed by atoms with Gasteiger partial charge in [-0.2, -0.15) is 13.2 Å². The number of alkyl halides is 3. The number of hydrogen-bond donors (Lipinski definition) is 4. The van der Waals surface area contributed by atoms with E-state index >= 15 is 0 Å². The molecule has 11 heteroatoms. The van der Waals surface area contributed by atoms with Crippen molar-refractivity contribution in [1.82, 2.24) is 10.6 Å². The minimum absolute atomic E-state index is 0.0829. The number of nitrogens with one attached hydrogen (secondary N) is 2. The lowest BCUT2D eigenvalue weighted by atomic mass is 9.90. The SMILES string of the molecule is C[C@@H]1NC(=O)N[C@@H]1CCCCC(CCN)(OC(=O)C(F)(F)F)C(N)=O. The second-order valence-electron chi connectivity index (χ2n) is 6.04. The third-order valence-electron chi connectivity index (χ3n) is 4.14. The summed E-state index contributed by atoms with van der Waals surface area (Å²) in [5.41, 5.74) is 8.43. The third kappa shape index (κ3) is 5.76. The summed E-state index contributed by atoms with van der Waals surface area (Å²) in [7, 11) is 0. The molecular formula is C14H23F3N4O4. The maximum atomic E-state index is 12.5. The molecule has 8 nitrogen and oxygen atoms in total. The number of carbonyl (C=O) groups is 3. The number of carbonyl (C=O) groups excluding carboxylic acids is 3. The molecule has 0 saturated carbocycles. The van der Waals surface area contributed by atoms with E-state index in [-0.39, 0.29) is 43.9 Å². The molecule has 1 unspecified atom stereocenters. The van der Waals surface area contributed by atoms with Crippen molar-refractivity contribution in [3.8, 4) is 0 Å². The maximum absolute atomic E-state index is 12.5. The van der Waals surface area contributed by atoms with Gasteiger partial charge in [-0.1, -0.05) is 6.42 Å². The molecule has 3 amide bonds. The van der Waals surface area contributed by atoms with Gasteiger partial charge in [0, 0.05) is 12.5 Å². The highest BCUT2D eigenvalue weighted by molar-refractivity contribution is 5.87. The second kappa shape index (κ2) is 8.37. The summed E-state index contributed by atoms with van der Waals surface area (Å²) in [4.78, 5) is 34.0. The fourth-order valence-corrected chi connectivity index (χ4v) is 2.73. The first-order valence-electron chi connectivity index (χ1n) is 7.89. The summed E-state index contributed by atoms with van der Waals surface area (Å²) in [6.45, 7) is 1.64. The summed E-state index contributed by atoms with van der Waals surface area (Å²) >= 11 is 0. The summed E-state index contributed by atoms with van der Waals surface area (Å²) < 4.78 is 41.8. The molecule has 1 saturated heterocycles. The molecule has 0 spiro atoms. The van der Waals surface area contributed by atoms with Crippen LogP contribution in [0.1, 0.15) is 39.0 Å².